The topological polar surface area (TPSA) is 202 Å². The number of nitrogens with two attached hydrogens (primary N) is 2. The highest BCUT2D eigenvalue weighted by Gasteiger charge is 2.72. The molecule has 8 rings (SSSR count). The number of nitrogen functional groups attached to an aromatic ring is 2. The molecule has 248 valence electrons. The van der Waals surface area contributed by atoms with Gasteiger partial charge in [0.25, 0.3) is 11.8 Å². The third kappa shape index (κ3) is 7.11. The van der Waals surface area contributed by atoms with Gasteiger partial charge in [0.05, 0.1) is 29.2 Å². The minimum Gasteiger partial charge on any atom is -0.423 e. The Hall–Kier alpha value is -4.49. The van der Waals surface area contributed by atoms with Gasteiger partial charge in [0.2, 0.25) is 17.2 Å². The summed E-state index contributed by atoms with van der Waals surface area (Å²) in [6.45, 7) is 1.15. The van der Waals surface area contributed by atoms with E-state index in [-0.39, 0.29) is 31.3 Å². The first-order valence-electron chi connectivity index (χ1n) is 13.9. The number of rotatable bonds is 4. The van der Waals surface area contributed by atoms with Crippen LogP contribution in [0.25, 0.3) is 11.4 Å². The molecule has 4 aliphatic rings. The summed E-state index contributed by atoms with van der Waals surface area (Å²) < 4.78 is 52.2. The van der Waals surface area contributed by atoms with Crippen molar-refractivity contribution in [1.29, 1.82) is 0 Å². The first-order chi connectivity index (χ1) is 21.8. The fourth-order valence-electron chi connectivity index (χ4n) is 5.43. The SMILES string of the molecule is C.Nc1ccnc(-c2cnc(N3CC4C(C3)C4(F)F)nc2)n1.Nc1ccnc(Cl)n1.OB(O)c1cnc(N2CC3C(C2)C3(F)F)nc1. The van der Waals surface area contributed by atoms with Crippen LogP contribution < -0.4 is 26.7 Å². The number of hydrogen-bond donors (Lipinski definition) is 4. The van der Waals surface area contributed by atoms with Gasteiger partial charge in [0, 0.05) is 68.8 Å². The molecule has 6 heterocycles. The molecule has 0 spiro atoms. The molecule has 4 aromatic heterocycles. The molecule has 0 bridgehead atoms. The van der Waals surface area contributed by atoms with Crippen LogP contribution in [-0.2, 0) is 0 Å². The number of halogens is 5. The van der Waals surface area contributed by atoms with E-state index in [1.807, 2.05) is 0 Å². The Morgan fingerprint density at radius 3 is 1.51 bits per heavy atom. The first-order valence-corrected chi connectivity index (χ1v) is 14.3. The Bertz CT molecular complexity index is 1650. The molecule has 2 saturated heterocycles. The van der Waals surface area contributed by atoms with Crippen molar-refractivity contribution in [2.75, 3.05) is 47.4 Å². The average molecular weight is 677 g/mol. The number of aromatic nitrogens is 8. The van der Waals surface area contributed by atoms with Crippen LogP contribution in [-0.4, -0.2) is 95.1 Å². The molecule has 4 atom stereocenters. The molecule has 2 aliphatic heterocycles. The maximum absolute atomic E-state index is 13.2. The lowest BCUT2D eigenvalue weighted by atomic mass is 9.83. The van der Waals surface area contributed by atoms with E-state index < -0.39 is 42.6 Å². The van der Waals surface area contributed by atoms with Crippen LogP contribution in [0.4, 0.5) is 41.1 Å². The van der Waals surface area contributed by atoms with Gasteiger partial charge in [-0.1, -0.05) is 7.43 Å². The Morgan fingerprint density at radius 1 is 0.702 bits per heavy atom. The van der Waals surface area contributed by atoms with E-state index in [9.17, 15) is 17.6 Å². The first kappa shape index (κ1) is 33.9. The third-order valence-electron chi connectivity index (χ3n) is 8.14. The second kappa shape index (κ2) is 13.0. The van der Waals surface area contributed by atoms with Crippen LogP contribution >= 0.6 is 11.6 Å². The molecule has 4 aromatic rings. The summed E-state index contributed by atoms with van der Waals surface area (Å²) in [5.74, 6) is -5.22. The van der Waals surface area contributed by atoms with Crippen LogP contribution in [0, 0.1) is 23.7 Å². The zero-order valence-electron chi connectivity index (χ0n) is 23.7. The Balaban J connectivity index is 0.000000150. The van der Waals surface area contributed by atoms with Crippen molar-refractivity contribution in [3.63, 3.8) is 0 Å². The summed E-state index contributed by atoms with van der Waals surface area (Å²) in [5, 5.41) is 17.9. The minimum atomic E-state index is -2.52. The molecular formula is C27H30BClF4N12O2. The molecule has 6 N–H and O–H groups in total. The lowest BCUT2D eigenvalue weighted by Crippen LogP contribution is -2.33. The van der Waals surface area contributed by atoms with Gasteiger partial charge in [-0.2, -0.15) is 0 Å². The van der Waals surface area contributed by atoms with Crippen molar-refractivity contribution in [2.24, 2.45) is 23.7 Å². The smallest absolute Gasteiger partial charge is 0.423 e. The summed E-state index contributed by atoms with van der Waals surface area (Å²) in [4.78, 5) is 35.2. The highest BCUT2D eigenvalue weighted by molar-refractivity contribution is 6.58. The predicted molar refractivity (Wildman–Crippen MR) is 166 cm³/mol. The van der Waals surface area contributed by atoms with Gasteiger partial charge < -0.3 is 31.3 Å². The van der Waals surface area contributed by atoms with E-state index in [1.54, 1.807) is 40.5 Å². The number of hydrogen-bond acceptors (Lipinski definition) is 14. The van der Waals surface area contributed by atoms with Crippen molar-refractivity contribution < 1.29 is 27.6 Å². The number of nitrogens with zero attached hydrogens (tertiary/aromatic N) is 10. The van der Waals surface area contributed by atoms with Crippen molar-refractivity contribution in [3.05, 3.63) is 54.6 Å². The second-order valence-corrected chi connectivity index (χ2v) is 11.4. The van der Waals surface area contributed by atoms with Crippen LogP contribution in [0.5, 0.6) is 0 Å². The maximum Gasteiger partial charge on any atom is 0.491 e. The monoisotopic (exact) mass is 676 g/mol. The molecule has 20 heteroatoms. The molecule has 2 aliphatic carbocycles. The predicted octanol–water partition coefficient (Wildman–Crippen LogP) is 1.42. The molecular weight excluding hydrogens is 647 g/mol. The number of alkyl halides is 4. The fourth-order valence-corrected chi connectivity index (χ4v) is 5.58. The van der Waals surface area contributed by atoms with Gasteiger partial charge in [-0.15, -0.1) is 0 Å². The lowest BCUT2D eigenvalue weighted by molar-refractivity contribution is 0.0790. The summed E-state index contributed by atoms with van der Waals surface area (Å²) in [5.41, 5.74) is 11.6. The molecule has 14 nitrogen and oxygen atoms in total. The molecule has 0 aromatic carbocycles. The van der Waals surface area contributed by atoms with E-state index in [0.29, 0.717) is 48.0 Å². The minimum absolute atomic E-state index is 0. The van der Waals surface area contributed by atoms with Crippen LogP contribution in [0.3, 0.4) is 0 Å². The number of fused-ring (bicyclic) bond motifs is 2. The summed E-state index contributed by atoms with van der Waals surface area (Å²) in [6.07, 6.45) is 8.80. The van der Waals surface area contributed by atoms with Crippen LogP contribution in [0.15, 0.2) is 49.3 Å². The van der Waals surface area contributed by atoms with E-state index >= 15 is 0 Å². The molecule has 0 amide bonds. The summed E-state index contributed by atoms with van der Waals surface area (Å²) >= 11 is 5.34. The normalized spacial score (nSPS) is 23.6. The van der Waals surface area contributed by atoms with Gasteiger partial charge in [-0.05, 0) is 23.7 Å². The van der Waals surface area contributed by atoms with Gasteiger partial charge in [-0.25, -0.2) is 57.4 Å². The van der Waals surface area contributed by atoms with Crippen molar-refractivity contribution in [1.82, 2.24) is 39.9 Å². The number of anilines is 4. The lowest BCUT2D eigenvalue weighted by Gasteiger charge is -2.19. The Kier molecular flexibility index (Phi) is 9.34. The second-order valence-electron chi connectivity index (χ2n) is 11.1. The fraction of sp³-hybridized carbons (Fsp3) is 0.407. The number of piperidine rings is 2. The zero-order chi connectivity index (χ0) is 32.8. The zero-order valence-corrected chi connectivity index (χ0v) is 24.5. The summed E-state index contributed by atoms with van der Waals surface area (Å²) in [6, 6.07) is 3.17. The Morgan fingerprint density at radius 2 is 1.13 bits per heavy atom. The highest BCUT2D eigenvalue weighted by Crippen LogP contribution is 2.60. The maximum atomic E-state index is 13.2. The van der Waals surface area contributed by atoms with E-state index in [2.05, 4.69) is 39.9 Å². The van der Waals surface area contributed by atoms with Crippen molar-refractivity contribution in [3.8, 4) is 11.4 Å². The molecule has 47 heavy (non-hydrogen) atoms. The molecule has 4 unspecified atom stereocenters. The largest absolute Gasteiger partial charge is 0.491 e. The highest BCUT2D eigenvalue weighted by atomic mass is 35.5. The van der Waals surface area contributed by atoms with Crippen molar-refractivity contribution in [2.45, 2.75) is 19.3 Å². The van der Waals surface area contributed by atoms with Gasteiger partial charge in [0.15, 0.2) is 5.82 Å². The van der Waals surface area contributed by atoms with Gasteiger partial charge in [-0.3, -0.25) is 0 Å². The van der Waals surface area contributed by atoms with E-state index in [0.717, 1.165) is 0 Å². The molecule has 2 saturated carbocycles. The third-order valence-corrected chi connectivity index (χ3v) is 8.32. The van der Waals surface area contributed by atoms with Crippen molar-refractivity contribution >= 4 is 47.7 Å². The summed E-state index contributed by atoms with van der Waals surface area (Å²) in [7, 11) is -1.61. The van der Waals surface area contributed by atoms with Gasteiger partial charge in [0.1, 0.15) is 11.6 Å². The molecule has 4 fully saturated rings. The quantitative estimate of drug-likeness (QED) is 0.137. The Labute approximate surface area is 271 Å². The standard InChI is InChI=1S/C13H12F2N6.C9H10BF2N3O2.C4H4ClN3.CH4/c14-13(15)8-5-21(6-9(8)13)12-18-3-7(4-19-12)11-17-2-1-10(16)20-11;11-9(12)6-3-15(4-7(6)9)8-13-1-5(2-14-8)10(16)17;5-4-7-2-1-3(6)8-4;/h1-4,8-9H,5-6H2,(H2,16,17,20);1-2,6-7,16-17H,3-4H2;1-2H,(H2,6,7,8);1H4. The van der Waals surface area contributed by atoms with Crippen LogP contribution in [0.2, 0.25) is 5.28 Å². The average Bonchev–Trinajstić information content (AvgIpc) is 3.48. The van der Waals surface area contributed by atoms with E-state index in [4.69, 9.17) is 33.1 Å². The molecule has 0 radical (unpaired) electrons. The van der Waals surface area contributed by atoms with E-state index in [1.165, 1.54) is 18.6 Å². The van der Waals surface area contributed by atoms with Crippen LogP contribution in [0.1, 0.15) is 7.43 Å². The van der Waals surface area contributed by atoms with Gasteiger partial charge >= 0.3 is 7.12 Å².